The van der Waals surface area contributed by atoms with Gasteiger partial charge in [0, 0.05) is 4.90 Å². The lowest BCUT2D eigenvalue weighted by atomic mass is 10.3. The lowest BCUT2D eigenvalue weighted by Crippen LogP contribution is -2.17. The number of halogens is 3. The first-order valence-electron chi connectivity index (χ1n) is 5.89. The summed E-state index contributed by atoms with van der Waals surface area (Å²) in [5.41, 5.74) is -0.143. The number of nitrogens with one attached hydrogen (secondary N) is 1. The summed E-state index contributed by atoms with van der Waals surface area (Å²) < 4.78 is 41.5. The normalized spacial score (nSPS) is 11.8. The summed E-state index contributed by atoms with van der Waals surface area (Å²) in [6.45, 7) is 0. The molecule has 0 atom stereocenters. The van der Waals surface area contributed by atoms with Gasteiger partial charge in [-0.2, -0.15) is 14.7 Å². The Bertz CT molecular complexity index is 874. The van der Waals surface area contributed by atoms with Crippen LogP contribution in [0.3, 0.4) is 0 Å². The van der Waals surface area contributed by atoms with Crippen LogP contribution >= 0.6 is 11.8 Å². The lowest BCUT2D eigenvalue weighted by molar-refractivity contribution is -0.274. The Kier molecular flexibility index (Phi) is 3.53. The number of hydrogen-bond acceptors (Lipinski definition) is 5. The van der Waals surface area contributed by atoms with Crippen LogP contribution < -0.4 is 10.4 Å². The average Bonchev–Trinajstić information content (AvgIpc) is 2.79. The Balaban J connectivity index is 1.86. The highest BCUT2D eigenvalue weighted by atomic mass is 32.2. The number of aromatic amines is 1. The van der Waals surface area contributed by atoms with Gasteiger partial charge in [0.05, 0.1) is 0 Å². The number of benzene rings is 1. The number of hydrogen-bond donors (Lipinski definition) is 1. The fraction of sp³-hybridized carbons (Fsp3) is 0.0833. The molecule has 22 heavy (non-hydrogen) atoms. The van der Waals surface area contributed by atoms with Crippen LogP contribution in [0.1, 0.15) is 0 Å². The predicted octanol–water partition coefficient (Wildman–Crippen LogP) is 2.47. The molecule has 3 rings (SSSR count). The van der Waals surface area contributed by atoms with E-state index in [1.54, 1.807) is 18.2 Å². The van der Waals surface area contributed by atoms with Crippen LogP contribution in [-0.2, 0) is 0 Å². The molecule has 0 amide bonds. The molecule has 10 heteroatoms. The van der Waals surface area contributed by atoms with Gasteiger partial charge in [-0.3, -0.25) is 0 Å². The molecule has 6 nitrogen and oxygen atoms in total. The standard InChI is InChI=1S/C12H7F3N4O2S/c13-12(14,15)21-7-2-1-3-8(6-7)22-10-5-4-9-16-17-11(20)19(9)18-10/h1-6H,(H,17,20). The van der Waals surface area contributed by atoms with Crippen molar-refractivity contribution in [2.24, 2.45) is 0 Å². The summed E-state index contributed by atoms with van der Waals surface area (Å²) in [7, 11) is 0. The second-order valence-corrected chi connectivity index (χ2v) is 5.19. The van der Waals surface area contributed by atoms with Gasteiger partial charge in [-0.15, -0.1) is 13.2 Å². The van der Waals surface area contributed by atoms with Crippen LogP contribution in [0.15, 0.2) is 51.1 Å². The summed E-state index contributed by atoms with van der Waals surface area (Å²) in [4.78, 5) is 11.9. The molecule has 0 fully saturated rings. The van der Waals surface area contributed by atoms with E-state index in [1.807, 2.05) is 0 Å². The number of nitrogens with zero attached hydrogens (tertiary/aromatic N) is 3. The molecule has 2 heterocycles. The van der Waals surface area contributed by atoms with E-state index in [1.165, 1.54) is 18.2 Å². The van der Waals surface area contributed by atoms with Crippen LogP contribution in [0, 0.1) is 0 Å². The maximum absolute atomic E-state index is 12.2. The predicted molar refractivity (Wildman–Crippen MR) is 70.9 cm³/mol. The molecule has 0 unspecified atom stereocenters. The van der Waals surface area contributed by atoms with E-state index < -0.39 is 12.1 Å². The summed E-state index contributed by atoms with van der Waals surface area (Å²) in [5, 5.41) is 10.4. The van der Waals surface area contributed by atoms with E-state index in [-0.39, 0.29) is 5.75 Å². The van der Waals surface area contributed by atoms with E-state index in [4.69, 9.17) is 0 Å². The quantitative estimate of drug-likeness (QED) is 0.800. The maximum Gasteiger partial charge on any atom is 0.573 e. The van der Waals surface area contributed by atoms with Gasteiger partial charge in [-0.1, -0.05) is 17.8 Å². The van der Waals surface area contributed by atoms with Gasteiger partial charge >= 0.3 is 12.1 Å². The van der Waals surface area contributed by atoms with Gasteiger partial charge in [-0.05, 0) is 30.3 Å². The summed E-state index contributed by atoms with van der Waals surface area (Å²) in [6.07, 6.45) is -4.75. The molecule has 0 aliphatic heterocycles. The largest absolute Gasteiger partial charge is 0.573 e. The zero-order chi connectivity index (χ0) is 15.7. The monoisotopic (exact) mass is 328 g/mol. The van der Waals surface area contributed by atoms with Gasteiger partial charge in [0.25, 0.3) is 0 Å². The maximum atomic E-state index is 12.2. The van der Waals surface area contributed by atoms with E-state index in [9.17, 15) is 18.0 Å². The second-order valence-electron chi connectivity index (χ2n) is 4.10. The molecule has 0 radical (unpaired) electrons. The van der Waals surface area contributed by atoms with Crippen LogP contribution in [0.25, 0.3) is 5.65 Å². The number of alkyl halides is 3. The third kappa shape index (κ3) is 3.22. The number of rotatable bonds is 3. The van der Waals surface area contributed by atoms with Gasteiger partial charge in [0.15, 0.2) is 5.65 Å². The summed E-state index contributed by atoms with van der Waals surface area (Å²) >= 11 is 1.09. The third-order valence-electron chi connectivity index (χ3n) is 2.51. The first-order valence-corrected chi connectivity index (χ1v) is 6.70. The van der Waals surface area contributed by atoms with Crippen LogP contribution in [0.4, 0.5) is 13.2 Å². The SMILES string of the molecule is O=c1[nH]nc2ccc(Sc3cccc(OC(F)(F)F)c3)nn12. The first-order chi connectivity index (χ1) is 10.4. The fourth-order valence-electron chi connectivity index (χ4n) is 1.70. The van der Waals surface area contributed by atoms with Gasteiger partial charge in [0.2, 0.25) is 0 Å². The Morgan fingerprint density at radius 1 is 1.23 bits per heavy atom. The Labute approximate surface area is 124 Å². The Morgan fingerprint density at radius 3 is 2.82 bits per heavy atom. The molecule has 1 N–H and O–H groups in total. The zero-order valence-corrected chi connectivity index (χ0v) is 11.5. The molecule has 0 bridgehead atoms. The molecule has 0 saturated heterocycles. The van der Waals surface area contributed by atoms with Crippen molar-refractivity contribution in [3.8, 4) is 5.75 Å². The molecular weight excluding hydrogens is 321 g/mol. The Hall–Kier alpha value is -2.49. The third-order valence-corrected chi connectivity index (χ3v) is 3.43. The number of aromatic nitrogens is 4. The summed E-state index contributed by atoms with van der Waals surface area (Å²) in [5.74, 6) is -0.320. The summed E-state index contributed by atoms with van der Waals surface area (Å²) in [6, 6.07) is 8.67. The highest BCUT2D eigenvalue weighted by Gasteiger charge is 2.31. The van der Waals surface area contributed by atoms with E-state index >= 15 is 0 Å². The van der Waals surface area contributed by atoms with Crippen molar-refractivity contribution in [3.05, 3.63) is 46.9 Å². The van der Waals surface area contributed by atoms with Crippen molar-refractivity contribution in [2.75, 3.05) is 0 Å². The Morgan fingerprint density at radius 2 is 2.05 bits per heavy atom. The van der Waals surface area contributed by atoms with Crippen molar-refractivity contribution in [1.29, 1.82) is 0 Å². The lowest BCUT2D eigenvalue weighted by Gasteiger charge is -2.09. The van der Waals surface area contributed by atoms with Crippen LogP contribution in [-0.4, -0.2) is 26.2 Å². The highest BCUT2D eigenvalue weighted by molar-refractivity contribution is 7.99. The number of fused-ring (bicyclic) bond motifs is 1. The van der Waals surface area contributed by atoms with Gasteiger partial charge in [-0.25, -0.2) is 9.89 Å². The molecule has 0 aliphatic rings. The molecular formula is C12H7F3N4O2S. The highest BCUT2D eigenvalue weighted by Crippen LogP contribution is 2.30. The van der Waals surface area contributed by atoms with E-state index in [0.29, 0.717) is 15.6 Å². The van der Waals surface area contributed by atoms with Crippen LogP contribution in [0.5, 0.6) is 5.75 Å². The average molecular weight is 328 g/mol. The molecule has 1 aromatic carbocycles. The van der Waals surface area contributed by atoms with E-state index in [2.05, 4.69) is 20.0 Å². The molecule has 0 spiro atoms. The van der Waals surface area contributed by atoms with Gasteiger partial charge in [0.1, 0.15) is 10.8 Å². The van der Waals surface area contributed by atoms with Gasteiger partial charge < -0.3 is 4.74 Å². The van der Waals surface area contributed by atoms with E-state index in [0.717, 1.165) is 16.3 Å². The number of ether oxygens (including phenoxy) is 1. The van der Waals surface area contributed by atoms with Crippen molar-refractivity contribution < 1.29 is 17.9 Å². The first kappa shape index (κ1) is 14.4. The number of H-pyrrole nitrogens is 1. The smallest absolute Gasteiger partial charge is 0.406 e. The zero-order valence-electron chi connectivity index (χ0n) is 10.7. The second kappa shape index (κ2) is 5.37. The molecule has 2 aromatic heterocycles. The minimum absolute atomic E-state index is 0.320. The molecule has 3 aromatic rings. The fourth-order valence-corrected chi connectivity index (χ4v) is 2.52. The van der Waals surface area contributed by atoms with Crippen molar-refractivity contribution in [3.63, 3.8) is 0 Å². The molecule has 0 saturated carbocycles. The molecule has 0 aliphatic carbocycles. The topological polar surface area (TPSA) is 72.3 Å². The van der Waals surface area contributed by atoms with Crippen molar-refractivity contribution in [1.82, 2.24) is 19.8 Å². The van der Waals surface area contributed by atoms with Crippen molar-refractivity contribution in [2.45, 2.75) is 16.3 Å². The van der Waals surface area contributed by atoms with Crippen molar-refractivity contribution >= 4 is 17.4 Å². The molecule has 114 valence electrons. The minimum Gasteiger partial charge on any atom is -0.406 e. The minimum atomic E-state index is -4.75. The van der Waals surface area contributed by atoms with Crippen LogP contribution in [0.2, 0.25) is 0 Å².